The predicted octanol–water partition coefficient (Wildman–Crippen LogP) is 3.76. The van der Waals surface area contributed by atoms with Crippen LogP contribution in [0.15, 0.2) is 48.5 Å². The molecule has 0 aliphatic rings. The number of anilines is 2. The van der Waals surface area contributed by atoms with Crippen molar-refractivity contribution in [2.75, 3.05) is 17.4 Å². The van der Waals surface area contributed by atoms with Crippen LogP contribution in [0.25, 0.3) is 0 Å². The molecule has 0 saturated carbocycles. The number of carbonyl (C=O) groups excluding carboxylic acids is 2. The highest BCUT2D eigenvalue weighted by Gasteiger charge is 2.03. The number of rotatable bonds is 7. The predicted molar refractivity (Wildman–Crippen MR) is 98.8 cm³/mol. The number of hydrogen-bond acceptors (Lipinski definition) is 3. The third-order valence-corrected chi connectivity index (χ3v) is 3.37. The van der Waals surface area contributed by atoms with Crippen LogP contribution in [0, 0.1) is 0 Å². The zero-order valence-electron chi connectivity index (χ0n) is 14.5. The zero-order chi connectivity index (χ0) is 18.1. The van der Waals surface area contributed by atoms with Crippen molar-refractivity contribution in [3.05, 3.63) is 54.1 Å². The van der Waals surface area contributed by atoms with Gasteiger partial charge in [0.25, 0.3) is 0 Å². The summed E-state index contributed by atoms with van der Waals surface area (Å²) in [6.07, 6.45) is 2.14. The molecule has 6 heteroatoms. The molecule has 0 aromatic heterocycles. The van der Waals surface area contributed by atoms with E-state index in [2.05, 4.69) is 22.9 Å². The quantitative estimate of drug-likeness (QED) is 0.671. The van der Waals surface area contributed by atoms with Gasteiger partial charge in [-0.25, -0.2) is 4.79 Å². The van der Waals surface area contributed by atoms with Crippen molar-refractivity contribution in [2.24, 2.45) is 0 Å². The van der Waals surface area contributed by atoms with Crippen LogP contribution in [0.2, 0.25) is 0 Å². The summed E-state index contributed by atoms with van der Waals surface area (Å²) < 4.78 is 5.49. The van der Waals surface area contributed by atoms with Gasteiger partial charge in [-0.1, -0.05) is 31.5 Å². The number of hydrogen-bond donors (Lipinski definition) is 3. The Kier molecular flexibility index (Phi) is 6.83. The fourth-order valence-electron chi connectivity index (χ4n) is 2.28. The summed E-state index contributed by atoms with van der Waals surface area (Å²) in [6.45, 7) is 3.63. The van der Waals surface area contributed by atoms with Crippen LogP contribution in [0.4, 0.5) is 16.2 Å². The SMILES string of the molecule is CCCc1ccc(OCNC(=O)Nc2cccc(NC(C)=O)c2)cc1. The van der Waals surface area contributed by atoms with Gasteiger partial charge in [-0.15, -0.1) is 0 Å². The first kappa shape index (κ1) is 18.3. The van der Waals surface area contributed by atoms with E-state index < -0.39 is 0 Å². The first-order valence-corrected chi connectivity index (χ1v) is 8.21. The van der Waals surface area contributed by atoms with Crippen LogP contribution in [-0.4, -0.2) is 18.7 Å². The Morgan fingerprint density at radius 2 is 1.68 bits per heavy atom. The molecule has 132 valence electrons. The molecular formula is C19H23N3O3. The van der Waals surface area contributed by atoms with Crippen molar-refractivity contribution in [3.8, 4) is 5.75 Å². The van der Waals surface area contributed by atoms with Gasteiger partial charge in [0.2, 0.25) is 5.91 Å². The minimum Gasteiger partial charge on any atom is -0.473 e. The van der Waals surface area contributed by atoms with Gasteiger partial charge >= 0.3 is 6.03 Å². The van der Waals surface area contributed by atoms with Gasteiger partial charge in [-0.05, 0) is 42.3 Å². The van der Waals surface area contributed by atoms with E-state index in [1.807, 2.05) is 24.3 Å². The van der Waals surface area contributed by atoms with Crippen molar-refractivity contribution in [3.63, 3.8) is 0 Å². The zero-order valence-corrected chi connectivity index (χ0v) is 14.5. The Balaban J connectivity index is 1.77. The molecule has 0 aliphatic carbocycles. The molecule has 2 rings (SSSR count). The maximum atomic E-state index is 11.9. The second kappa shape index (κ2) is 9.32. The Morgan fingerprint density at radius 3 is 2.32 bits per heavy atom. The minimum atomic E-state index is -0.387. The monoisotopic (exact) mass is 341 g/mol. The van der Waals surface area contributed by atoms with E-state index in [1.54, 1.807) is 24.3 Å². The maximum Gasteiger partial charge on any atom is 0.321 e. The van der Waals surface area contributed by atoms with Crippen LogP contribution < -0.4 is 20.7 Å². The number of aryl methyl sites for hydroxylation is 1. The molecule has 0 radical (unpaired) electrons. The lowest BCUT2D eigenvalue weighted by Gasteiger charge is -2.11. The summed E-state index contributed by atoms with van der Waals surface area (Å²) in [4.78, 5) is 22.9. The van der Waals surface area contributed by atoms with E-state index in [9.17, 15) is 9.59 Å². The Labute approximate surface area is 147 Å². The number of benzene rings is 2. The maximum absolute atomic E-state index is 11.9. The number of carbonyl (C=O) groups is 2. The lowest BCUT2D eigenvalue weighted by atomic mass is 10.1. The molecule has 0 atom stereocenters. The summed E-state index contributed by atoms with van der Waals surface area (Å²) in [5.41, 5.74) is 2.46. The van der Waals surface area contributed by atoms with Gasteiger partial charge in [0.05, 0.1) is 0 Å². The summed E-state index contributed by atoms with van der Waals surface area (Å²) in [7, 11) is 0. The number of amides is 3. The van der Waals surface area contributed by atoms with E-state index in [0.29, 0.717) is 17.1 Å². The van der Waals surface area contributed by atoms with Crippen LogP contribution >= 0.6 is 0 Å². The van der Waals surface area contributed by atoms with Gasteiger partial charge in [-0.3, -0.25) is 4.79 Å². The average Bonchev–Trinajstić information content (AvgIpc) is 2.56. The molecule has 0 heterocycles. The molecule has 6 nitrogen and oxygen atoms in total. The van der Waals surface area contributed by atoms with Crippen LogP contribution in [-0.2, 0) is 11.2 Å². The molecule has 3 N–H and O–H groups in total. The van der Waals surface area contributed by atoms with Gasteiger partial charge in [0.1, 0.15) is 5.75 Å². The normalized spacial score (nSPS) is 10.0. The number of ether oxygens (including phenoxy) is 1. The molecular weight excluding hydrogens is 318 g/mol. The molecule has 0 unspecified atom stereocenters. The smallest absolute Gasteiger partial charge is 0.321 e. The molecule has 0 spiro atoms. The van der Waals surface area contributed by atoms with Crippen molar-refractivity contribution in [1.29, 1.82) is 0 Å². The highest BCUT2D eigenvalue weighted by molar-refractivity contribution is 5.92. The summed E-state index contributed by atoms with van der Waals surface area (Å²) in [6, 6.07) is 14.3. The first-order chi connectivity index (χ1) is 12.1. The molecule has 3 amide bonds. The number of nitrogens with one attached hydrogen (secondary N) is 3. The third kappa shape index (κ3) is 6.55. The van der Waals surface area contributed by atoms with Gasteiger partial charge in [-0.2, -0.15) is 0 Å². The van der Waals surface area contributed by atoms with Crippen LogP contribution in [0.3, 0.4) is 0 Å². The molecule has 25 heavy (non-hydrogen) atoms. The molecule has 0 fully saturated rings. The number of urea groups is 1. The van der Waals surface area contributed by atoms with E-state index in [4.69, 9.17) is 4.74 Å². The molecule has 0 saturated heterocycles. The summed E-state index contributed by atoms with van der Waals surface area (Å²) in [5.74, 6) is 0.535. The Bertz CT molecular complexity index is 714. The molecule has 2 aromatic carbocycles. The fraction of sp³-hybridized carbons (Fsp3) is 0.263. The lowest BCUT2D eigenvalue weighted by Crippen LogP contribution is -2.32. The topological polar surface area (TPSA) is 79.5 Å². The van der Waals surface area contributed by atoms with Crippen LogP contribution in [0.1, 0.15) is 25.8 Å². The van der Waals surface area contributed by atoms with E-state index >= 15 is 0 Å². The molecule has 2 aromatic rings. The van der Waals surface area contributed by atoms with Crippen LogP contribution in [0.5, 0.6) is 5.75 Å². The van der Waals surface area contributed by atoms with Crippen molar-refractivity contribution in [2.45, 2.75) is 26.7 Å². The third-order valence-electron chi connectivity index (χ3n) is 3.37. The standard InChI is InChI=1S/C19H23N3O3/c1-3-5-15-8-10-18(11-9-15)25-13-20-19(24)22-17-7-4-6-16(12-17)21-14(2)23/h4,6-12H,3,5,13H2,1-2H3,(H,21,23)(H2,20,22,24). The van der Waals surface area contributed by atoms with E-state index in [1.165, 1.54) is 12.5 Å². The van der Waals surface area contributed by atoms with Gasteiger partial charge in [0, 0.05) is 18.3 Å². The van der Waals surface area contributed by atoms with Crippen molar-refractivity contribution < 1.29 is 14.3 Å². The van der Waals surface area contributed by atoms with Crippen molar-refractivity contribution in [1.82, 2.24) is 5.32 Å². The van der Waals surface area contributed by atoms with Gasteiger partial charge in [0.15, 0.2) is 6.73 Å². The second-order valence-corrected chi connectivity index (χ2v) is 5.58. The highest BCUT2D eigenvalue weighted by atomic mass is 16.5. The summed E-state index contributed by atoms with van der Waals surface area (Å²) in [5, 5.41) is 7.97. The van der Waals surface area contributed by atoms with Crippen molar-refractivity contribution >= 4 is 23.3 Å². The molecule has 0 aliphatic heterocycles. The fourth-order valence-corrected chi connectivity index (χ4v) is 2.28. The highest BCUT2D eigenvalue weighted by Crippen LogP contribution is 2.15. The van der Waals surface area contributed by atoms with E-state index in [-0.39, 0.29) is 18.7 Å². The Morgan fingerprint density at radius 1 is 1.00 bits per heavy atom. The largest absolute Gasteiger partial charge is 0.473 e. The minimum absolute atomic E-state index is 0.0599. The second-order valence-electron chi connectivity index (χ2n) is 5.58. The summed E-state index contributed by atoms with van der Waals surface area (Å²) >= 11 is 0. The lowest BCUT2D eigenvalue weighted by molar-refractivity contribution is -0.114. The Hall–Kier alpha value is -3.02. The average molecular weight is 341 g/mol. The molecule has 0 bridgehead atoms. The van der Waals surface area contributed by atoms with Gasteiger partial charge < -0.3 is 20.7 Å². The van der Waals surface area contributed by atoms with E-state index in [0.717, 1.165) is 12.8 Å². The first-order valence-electron chi connectivity index (χ1n) is 8.21.